The van der Waals surface area contributed by atoms with Crippen LogP contribution in [-0.2, 0) is 6.54 Å². The molecule has 2 aromatic heterocycles. The first-order valence-corrected chi connectivity index (χ1v) is 10.9. The normalized spacial score (nSPS) is 11.1. The van der Waals surface area contributed by atoms with Crippen LogP contribution in [0.5, 0.6) is 0 Å². The molecule has 0 atom stereocenters. The molecule has 2 heterocycles. The molecule has 0 aliphatic heterocycles. The molecule has 0 spiro atoms. The van der Waals surface area contributed by atoms with Gasteiger partial charge in [-0.15, -0.1) is 0 Å². The van der Waals surface area contributed by atoms with E-state index in [-0.39, 0.29) is 17.2 Å². The highest BCUT2D eigenvalue weighted by molar-refractivity contribution is 6.11. The van der Waals surface area contributed by atoms with Crippen LogP contribution in [0.3, 0.4) is 0 Å². The number of fused-ring (bicyclic) bond motifs is 1. The van der Waals surface area contributed by atoms with Gasteiger partial charge < -0.3 is 5.32 Å². The summed E-state index contributed by atoms with van der Waals surface area (Å²) in [6.45, 7) is 6.50. The van der Waals surface area contributed by atoms with E-state index in [1.165, 1.54) is 4.68 Å². The van der Waals surface area contributed by atoms with Gasteiger partial charge in [0.15, 0.2) is 5.69 Å². The van der Waals surface area contributed by atoms with Crippen molar-refractivity contribution in [1.29, 1.82) is 0 Å². The van der Waals surface area contributed by atoms with Crippen LogP contribution in [0, 0.1) is 13.8 Å². The van der Waals surface area contributed by atoms with Crippen molar-refractivity contribution in [3.63, 3.8) is 0 Å². The van der Waals surface area contributed by atoms with Crippen LogP contribution in [0.4, 0.5) is 5.69 Å². The third-order valence-corrected chi connectivity index (χ3v) is 5.45. The van der Waals surface area contributed by atoms with Crippen LogP contribution in [-0.4, -0.2) is 25.5 Å². The minimum absolute atomic E-state index is 0.170. The lowest BCUT2D eigenvalue weighted by molar-refractivity contribution is 0.102. The Morgan fingerprint density at radius 3 is 2.41 bits per heavy atom. The van der Waals surface area contributed by atoms with Gasteiger partial charge in [0.1, 0.15) is 0 Å². The Labute approximate surface area is 186 Å². The van der Waals surface area contributed by atoms with Crippen LogP contribution in [0.1, 0.15) is 48.1 Å². The molecule has 1 N–H and O–H groups in total. The second-order valence-corrected chi connectivity index (χ2v) is 7.94. The molecule has 0 fully saturated rings. The van der Waals surface area contributed by atoms with E-state index in [0.717, 1.165) is 36.3 Å². The SMILES string of the molecule is CCCCCn1nc(C(=O)Nc2ccccc2-n2nc(C)cc2C)c2ccccc2c1=O. The Bertz CT molecular complexity index is 1340. The van der Waals surface area contributed by atoms with E-state index < -0.39 is 0 Å². The smallest absolute Gasteiger partial charge is 0.276 e. The number of carbonyl (C=O) groups excluding carboxylic acids is 1. The number of para-hydroxylation sites is 2. The third-order valence-electron chi connectivity index (χ3n) is 5.45. The molecule has 7 nitrogen and oxygen atoms in total. The number of rotatable bonds is 7. The Kier molecular flexibility index (Phi) is 6.16. The number of carbonyl (C=O) groups is 1. The van der Waals surface area contributed by atoms with E-state index >= 15 is 0 Å². The van der Waals surface area contributed by atoms with Gasteiger partial charge in [-0.3, -0.25) is 9.59 Å². The summed E-state index contributed by atoms with van der Waals surface area (Å²) in [5.74, 6) is -0.362. The molecule has 0 saturated carbocycles. The van der Waals surface area contributed by atoms with Crippen molar-refractivity contribution in [3.8, 4) is 5.69 Å². The van der Waals surface area contributed by atoms with Crippen LogP contribution in [0.2, 0.25) is 0 Å². The Hall–Kier alpha value is -3.74. The summed E-state index contributed by atoms with van der Waals surface area (Å²) >= 11 is 0. The van der Waals surface area contributed by atoms with Gasteiger partial charge in [-0.2, -0.15) is 10.2 Å². The van der Waals surface area contributed by atoms with Gasteiger partial charge >= 0.3 is 0 Å². The summed E-state index contributed by atoms with van der Waals surface area (Å²) in [5.41, 5.74) is 3.33. The molecule has 0 unspecified atom stereocenters. The minimum atomic E-state index is -0.362. The van der Waals surface area contributed by atoms with Gasteiger partial charge in [0.2, 0.25) is 0 Å². The largest absolute Gasteiger partial charge is 0.319 e. The quantitative estimate of drug-likeness (QED) is 0.434. The van der Waals surface area contributed by atoms with Crippen LogP contribution in [0.15, 0.2) is 59.4 Å². The number of aryl methyl sites for hydroxylation is 3. The Balaban J connectivity index is 1.75. The molecule has 4 rings (SSSR count). The fraction of sp³-hybridized carbons (Fsp3) is 0.280. The fourth-order valence-corrected chi connectivity index (χ4v) is 3.88. The molecule has 1 amide bonds. The average molecular weight is 430 g/mol. The van der Waals surface area contributed by atoms with Gasteiger partial charge in [0, 0.05) is 17.6 Å². The molecule has 4 aromatic rings. The average Bonchev–Trinajstić information content (AvgIpc) is 3.13. The zero-order chi connectivity index (χ0) is 22.7. The predicted octanol–water partition coefficient (Wildman–Crippen LogP) is 4.64. The standard InChI is InChI=1S/C25H27N5O2/c1-4-5-10-15-29-25(32)20-12-7-6-11-19(20)23(28-29)24(31)26-21-13-8-9-14-22(21)30-18(3)16-17(2)27-30/h6-9,11-14,16H,4-5,10,15H2,1-3H3,(H,26,31). The minimum Gasteiger partial charge on any atom is -0.319 e. The van der Waals surface area contributed by atoms with E-state index in [1.807, 2.05) is 54.9 Å². The lowest BCUT2D eigenvalue weighted by Crippen LogP contribution is -2.28. The molecule has 32 heavy (non-hydrogen) atoms. The summed E-state index contributed by atoms with van der Waals surface area (Å²) in [6.07, 6.45) is 2.88. The van der Waals surface area contributed by atoms with Crippen molar-refractivity contribution in [2.24, 2.45) is 0 Å². The van der Waals surface area contributed by atoms with Gasteiger partial charge in [0.05, 0.1) is 22.5 Å². The molecule has 164 valence electrons. The first-order chi connectivity index (χ1) is 15.5. The number of aromatic nitrogens is 4. The molecule has 0 bridgehead atoms. The second kappa shape index (κ2) is 9.18. The van der Waals surface area contributed by atoms with E-state index in [0.29, 0.717) is 23.0 Å². The van der Waals surface area contributed by atoms with E-state index in [4.69, 9.17) is 0 Å². The summed E-state index contributed by atoms with van der Waals surface area (Å²) in [5, 5.41) is 13.0. The maximum atomic E-state index is 13.4. The number of hydrogen-bond acceptors (Lipinski definition) is 4. The summed E-state index contributed by atoms with van der Waals surface area (Å²) < 4.78 is 3.22. The van der Waals surface area contributed by atoms with Crippen molar-refractivity contribution in [1.82, 2.24) is 19.6 Å². The fourth-order valence-electron chi connectivity index (χ4n) is 3.88. The lowest BCUT2D eigenvalue weighted by Gasteiger charge is -2.14. The van der Waals surface area contributed by atoms with E-state index in [2.05, 4.69) is 22.4 Å². The number of hydrogen-bond donors (Lipinski definition) is 1. The molecule has 0 aliphatic carbocycles. The van der Waals surface area contributed by atoms with Crippen molar-refractivity contribution in [3.05, 3.63) is 82.0 Å². The molecule has 7 heteroatoms. The summed E-state index contributed by atoms with van der Waals surface area (Å²) in [7, 11) is 0. The van der Waals surface area contributed by atoms with Crippen LogP contribution < -0.4 is 10.9 Å². The zero-order valence-corrected chi connectivity index (χ0v) is 18.6. The molecular weight excluding hydrogens is 402 g/mol. The van der Waals surface area contributed by atoms with Crippen molar-refractivity contribution >= 4 is 22.4 Å². The van der Waals surface area contributed by atoms with Gasteiger partial charge in [0.25, 0.3) is 11.5 Å². The molecule has 0 radical (unpaired) electrons. The van der Waals surface area contributed by atoms with Crippen molar-refractivity contribution in [2.45, 2.75) is 46.6 Å². The van der Waals surface area contributed by atoms with Gasteiger partial charge in [-0.25, -0.2) is 9.36 Å². The summed E-state index contributed by atoms with van der Waals surface area (Å²) in [6, 6.07) is 16.6. The maximum absolute atomic E-state index is 13.4. The maximum Gasteiger partial charge on any atom is 0.276 e. The molecule has 2 aromatic carbocycles. The van der Waals surface area contributed by atoms with E-state index in [9.17, 15) is 9.59 Å². The first-order valence-electron chi connectivity index (χ1n) is 10.9. The first kappa shape index (κ1) is 21.5. The lowest BCUT2D eigenvalue weighted by atomic mass is 10.1. The Morgan fingerprint density at radius 1 is 0.969 bits per heavy atom. The highest BCUT2D eigenvalue weighted by Gasteiger charge is 2.18. The highest BCUT2D eigenvalue weighted by atomic mass is 16.2. The van der Waals surface area contributed by atoms with Gasteiger partial charge in [-0.1, -0.05) is 50.1 Å². The highest BCUT2D eigenvalue weighted by Crippen LogP contribution is 2.23. The molecule has 0 saturated heterocycles. The summed E-state index contributed by atoms with van der Waals surface area (Å²) in [4.78, 5) is 26.3. The predicted molar refractivity (Wildman–Crippen MR) is 127 cm³/mol. The van der Waals surface area contributed by atoms with Crippen LogP contribution >= 0.6 is 0 Å². The number of nitrogens with one attached hydrogen (secondary N) is 1. The monoisotopic (exact) mass is 429 g/mol. The third kappa shape index (κ3) is 4.19. The molecular formula is C25H27N5O2. The zero-order valence-electron chi connectivity index (χ0n) is 18.6. The van der Waals surface area contributed by atoms with Crippen molar-refractivity contribution < 1.29 is 4.79 Å². The van der Waals surface area contributed by atoms with Crippen molar-refractivity contribution in [2.75, 3.05) is 5.32 Å². The van der Waals surface area contributed by atoms with E-state index in [1.54, 1.807) is 18.2 Å². The molecule has 0 aliphatic rings. The number of amides is 1. The second-order valence-electron chi connectivity index (χ2n) is 7.94. The number of anilines is 1. The Morgan fingerprint density at radius 2 is 1.69 bits per heavy atom. The topological polar surface area (TPSA) is 81.8 Å². The number of unbranched alkanes of at least 4 members (excludes halogenated alkanes) is 2. The number of benzene rings is 2. The van der Waals surface area contributed by atoms with Gasteiger partial charge in [-0.05, 0) is 44.5 Å². The van der Waals surface area contributed by atoms with Crippen LogP contribution in [0.25, 0.3) is 16.5 Å². The number of nitrogens with zero attached hydrogens (tertiary/aromatic N) is 4.